The first kappa shape index (κ1) is 15.9. The molecule has 2 aromatic carbocycles. The summed E-state index contributed by atoms with van der Waals surface area (Å²) in [6.07, 6.45) is 0. The molecule has 0 aliphatic heterocycles. The molecule has 3 N–H and O–H groups in total. The van der Waals surface area contributed by atoms with E-state index >= 15 is 0 Å². The predicted octanol–water partition coefficient (Wildman–Crippen LogP) is 2.79. The van der Waals surface area contributed by atoms with Crippen LogP contribution in [-0.2, 0) is 22.3 Å². The van der Waals surface area contributed by atoms with E-state index in [0.717, 1.165) is 0 Å². The van der Waals surface area contributed by atoms with Crippen molar-refractivity contribution in [2.24, 2.45) is 0 Å². The summed E-state index contributed by atoms with van der Waals surface area (Å²) in [6.45, 7) is -0.111. The second-order valence-electron chi connectivity index (χ2n) is 4.51. The number of nitrogens with one attached hydrogen (secondary N) is 1. The molecule has 0 saturated heterocycles. The van der Waals surface area contributed by atoms with E-state index in [4.69, 9.17) is 5.73 Å². The van der Waals surface area contributed by atoms with E-state index in [1.165, 1.54) is 12.1 Å². The first-order valence-electron chi connectivity index (χ1n) is 6.12. The monoisotopic (exact) mass is 372 g/mol. The summed E-state index contributed by atoms with van der Waals surface area (Å²) < 4.78 is 40.7. The Bertz CT molecular complexity index is 750. The fourth-order valence-electron chi connectivity index (χ4n) is 1.79. The highest BCUT2D eigenvalue weighted by Crippen LogP contribution is 2.17. The van der Waals surface area contributed by atoms with Gasteiger partial charge in [-0.3, -0.25) is 0 Å². The van der Waals surface area contributed by atoms with Crippen molar-refractivity contribution in [2.45, 2.75) is 12.3 Å². The third kappa shape index (κ3) is 4.52. The number of hydrogen-bond donors (Lipinski definition) is 2. The number of hydrogen-bond acceptors (Lipinski definition) is 3. The van der Waals surface area contributed by atoms with Crippen LogP contribution in [-0.4, -0.2) is 8.42 Å². The van der Waals surface area contributed by atoms with E-state index in [2.05, 4.69) is 20.7 Å². The molecule has 0 fully saturated rings. The van der Waals surface area contributed by atoms with Gasteiger partial charge in [-0.2, -0.15) is 0 Å². The molecule has 0 radical (unpaired) electrons. The highest BCUT2D eigenvalue weighted by molar-refractivity contribution is 9.10. The van der Waals surface area contributed by atoms with Crippen LogP contribution in [0, 0.1) is 5.82 Å². The molecular weight excluding hydrogens is 359 g/mol. The number of anilines is 1. The zero-order valence-corrected chi connectivity index (χ0v) is 13.4. The van der Waals surface area contributed by atoms with Gasteiger partial charge in [0.05, 0.1) is 5.75 Å². The first-order valence-corrected chi connectivity index (χ1v) is 8.56. The Morgan fingerprint density at radius 2 is 1.86 bits per heavy atom. The molecule has 0 atom stereocenters. The number of para-hydroxylation sites is 1. The highest BCUT2D eigenvalue weighted by atomic mass is 79.9. The maximum atomic E-state index is 13.6. The van der Waals surface area contributed by atoms with E-state index in [0.29, 0.717) is 15.7 Å². The lowest BCUT2D eigenvalue weighted by Crippen LogP contribution is -2.25. The quantitative estimate of drug-likeness (QED) is 0.792. The molecule has 0 bridgehead atoms. The van der Waals surface area contributed by atoms with E-state index in [1.807, 2.05) is 0 Å². The van der Waals surface area contributed by atoms with Crippen molar-refractivity contribution < 1.29 is 12.8 Å². The molecule has 21 heavy (non-hydrogen) atoms. The number of sulfonamides is 1. The zero-order chi connectivity index (χ0) is 15.5. The number of nitrogen functional groups attached to an aromatic ring is 1. The van der Waals surface area contributed by atoms with Crippen molar-refractivity contribution >= 4 is 31.6 Å². The van der Waals surface area contributed by atoms with Gasteiger partial charge in [0, 0.05) is 22.3 Å². The van der Waals surface area contributed by atoms with Crippen LogP contribution in [0.4, 0.5) is 10.1 Å². The molecule has 112 valence electrons. The first-order chi connectivity index (χ1) is 9.87. The summed E-state index contributed by atoms with van der Waals surface area (Å²) in [5.74, 6) is -0.699. The van der Waals surface area contributed by atoms with Crippen molar-refractivity contribution in [3.05, 3.63) is 63.9 Å². The topological polar surface area (TPSA) is 72.2 Å². The molecule has 0 spiro atoms. The Balaban J connectivity index is 2.08. The Morgan fingerprint density at radius 3 is 2.57 bits per heavy atom. The minimum atomic E-state index is -3.60. The second kappa shape index (κ2) is 6.55. The van der Waals surface area contributed by atoms with E-state index < -0.39 is 15.8 Å². The Morgan fingerprint density at radius 1 is 1.14 bits per heavy atom. The van der Waals surface area contributed by atoms with E-state index in [-0.39, 0.29) is 17.9 Å². The normalized spacial score (nSPS) is 11.5. The smallest absolute Gasteiger partial charge is 0.216 e. The lowest BCUT2D eigenvalue weighted by atomic mass is 10.2. The van der Waals surface area contributed by atoms with Gasteiger partial charge in [0.25, 0.3) is 0 Å². The summed E-state index contributed by atoms with van der Waals surface area (Å²) in [5, 5.41) is 0. The molecule has 0 unspecified atom stereocenters. The van der Waals surface area contributed by atoms with Crippen LogP contribution in [0.5, 0.6) is 0 Å². The molecule has 0 amide bonds. The lowest BCUT2D eigenvalue weighted by molar-refractivity contribution is 0.573. The summed E-state index contributed by atoms with van der Waals surface area (Å²) in [5.41, 5.74) is 6.92. The summed E-state index contributed by atoms with van der Waals surface area (Å²) in [6, 6.07) is 11.1. The van der Waals surface area contributed by atoms with Crippen LogP contribution in [0.1, 0.15) is 11.1 Å². The van der Waals surface area contributed by atoms with Crippen molar-refractivity contribution in [1.82, 2.24) is 4.72 Å². The van der Waals surface area contributed by atoms with Crippen LogP contribution in [0.3, 0.4) is 0 Å². The van der Waals surface area contributed by atoms with Crippen LogP contribution >= 0.6 is 15.9 Å². The van der Waals surface area contributed by atoms with Gasteiger partial charge >= 0.3 is 0 Å². The summed E-state index contributed by atoms with van der Waals surface area (Å²) >= 11 is 3.22. The maximum Gasteiger partial charge on any atom is 0.216 e. The van der Waals surface area contributed by atoms with Gasteiger partial charge in [0.15, 0.2) is 0 Å². The van der Waals surface area contributed by atoms with Gasteiger partial charge in [-0.05, 0) is 29.8 Å². The number of benzene rings is 2. The third-order valence-electron chi connectivity index (χ3n) is 2.89. The second-order valence-corrected chi connectivity index (χ2v) is 7.24. The fraction of sp³-hybridized carbons (Fsp3) is 0.143. The predicted molar refractivity (Wildman–Crippen MR) is 84.4 cm³/mol. The van der Waals surface area contributed by atoms with E-state index in [1.54, 1.807) is 30.3 Å². The van der Waals surface area contributed by atoms with Crippen molar-refractivity contribution in [3.8, 4) is 0 Å². The van der Waals surface area contributed by atoms with Gasteiger partial charge < -0.3 is 5.73 Å². The fourth-order valence-corrected chi connectivity index (χ4v) is 3.35. The van der Waals surface area contributed by atoms with Crippen LogP contribution < -0.4 is 10.5 Å². The van der Waals surface area contributed by atoms with Crippen molar-refractivity contribution in [3.63, 3.8) is 0 Å². The molecular formula is C14H14BrFN2O2S. The third-order valence-corrected chi connectivity index (χ3v) is 4.66. The van der Waals surface area contributed by atoms with Gasteiger partial charge in [-0.25, -0.2) is 17.5 Å². The largest absolute Gasteiger partial charge is 0.398 e. The van der Waals surface area contributed by atoms with Crippen molar-refractivity contribution in [1.29, 1.82) is 0 Å². The average Bonchev–Trinajstić information content (AvgIpc) is 2.42. The molecule has 4 nitrogen and oxygen atoms in total. The van der Waals surface area contributed by atoms with Gasteiger partial charge in [-0.15, -0.1) is 0 Å². The minimum Gasteiger partial charge on any atom is -0.398 e. The number of halogens is 2. The Kier molecular flexibility index (Phi) is 4.97. The number of nitrogens with two attached hydrogens (primary N) is 1. The summed E-state index contributed by atoms with van der Waals surface area (Å²) in [7, 11) is -3.60. The molecule has 0 aromatic heterocycles. The molecule has 0 heterocycles. The molecule has 2 aromatic rings. The standard InChI is InChI=1S/C14H14BrFN2O2S/c15-12-5-6-13(16)11(7-12)8-18-21(19,20)9-10-3-1-2-4-14(10)17/h1-7,18H,8-9,17H2. The zero-order valence-electron chi connectivity index (χ0n) is 11.0. The van der Waals surface area contributed by atoms with Gasteiger partial charge in [0.1, 0.15) is 5.82 Å². The molecule has 7 heteroatoms. The minimum absolute atomic E-state index is 0.111. The molecule has 0 saturated carbocycles. The molecule has 2 rings (SSSR count). The molecule has 0 aliphatic carbocycles. The van der Waals surface area contributed by atoms with Crippen LogP contribution in [0.15, 0.2) is 46.9 Å². The number of rotatable bonds is 5. The SMILES string of the molecule is Nc1ccccc1CS(=O)(=O)NCc1cc(Br)ccc1F. The highest BCUT2D eigenvalue weighted by Gasteiger charge is 2.14. The average molecular weight is 373 g/mol. The Labute approximate surface area is 131 Å². The van der Waals surface area contributed by atoms with Crippen LogP contribution in [0.2, 0.25) is 0 Å². The maximum absolute atomic E-state index is 13.6. The van der Waals surface area contributed by atoms with Crippen molar-refractivity contribution in [2.75, 3.05) is 5.73 Å². The van der Waals surface area contributed by atoms with Crippen LogP contribution in [0.25, 0.3) is 0 Å². The lowest BCUT2D eigenvalue weighted by Gasteiger charge is -2.09. The Hall–Kier alpha value is -1.44. The van der Waals surface area contributed by atoms with Gasteiger partial charge in [0.2, 0.25) is 10.0 Å². The van der Waals surface area contributed by atoms with Gasteiger partial charge in [-0.1, -0.05) is 34.1 Å². The van der Waals surface area contributed by atoms with E-state index in [9.17, 15) is 12.8 Å². The summed E-state index contributed by atoms with van der Waals surface area (Å²) in [4.78, 5) is 0. The molecule has 0 aliphatic rings.